The molecule has 0 atom stereocenters. The molecule has 0 aliphatic carbocycles. The molecule has 0 rings (SSSR count). The Morgan fingerprint density at radius 1 is 1.12 bits per heavy atom. The molecule has 0 bridgehead atoms. The smallest absolute Gasteiger partial charge is 1.00 e. The predicted octanol–water partition coefficient (Wildman–Crippen LogP) is -7.40. The third kappa shape index (κ3) is 121. The van der Waals surface area contributed by atoms with Gasteiger partial charge in [0, 0.05) is 0 Å². The van der Waals surface area contributed by atoms with Gasteiger partial charge in [0.15, 0.2) is 0 Å². The quantitative estimate of drug-likeness (QED) is 0.235. The molecule has 4 nitrogen and oxygen atoms in total. The first-order chi connectivity index (χ1) is 2.00. The molecular formula is H7Li2O4PS. The molecule has 0 fully saturated rings. The van der Waals surface area contributed by atoms with Crippen LogP contribution in [0.2, 0.25) is 0 Å². The van der Waals surface area contributed by atoms with Crippen molar-refractivity contribution in [2.45, 2.75) is 0 Å². The van der Waals surface area contributed by atoms with Crippen molar-refractivity contribution in [3.8, 4) is 0 Å². The van der Waals surface area contributed by atoms with Gasteiger partial charge in [-0.1, -0.05) is 0 Å². The zero-order chi connectivity index (χ0) is 4.50. The van der Waals surface area contributed by atoms with Crippen LogP contribution in [0.5, 0.6) is 0 Å². The van der Waals surface area contributed by atoms with Crippen LogP contribution in [-0.4, -0.2) is 20.2 Å². The molecule has 0 aromatic carbocycles. The van der Waals surface area contributed by atoms with Gasteiger partial charge in [-0.25, -0.2) is 0 Å². The maximum Gasteiger partial charge on any atom is 1.00 e. The molecule has 0 spiro atoms. The average molecular weight is 148 g/mol. The molecule has 0 radical (unpaired) electrons. The molecule has 0 unspecified atom stereocenters. The Kier molecular flexibility index (Phi) is 24.5. The minimum atomic E-state index is -3.81. The fraction of sp³-hybridized carbons (Fsp3) is 0. The SMILES string of the molecule is O.OP(O)(O)=S.[H-].[H-].[Li+].[Li+]. The standard InChI is InChI=1S/2Li.H3O3PS.H2O.2H/c;;1-4(2,3)5;;;/h;;(H3,1,2,3,5);1H2;;/q2*+1;;;2*-1. The van der Waals surface area contributed by atoms with E-state index in [1.165, 1.54) is 0 Å². The van der Waals surface area contributed by atoms with E-state index in [0.29, 0.717) is 0 Å². The van der Waals surface area contributed by atoms with Gasteiger partial charge in [0.05, 0.1) is 0 Å². The largest absolute Gasteiger partial charge is 1.00 e. The summed E-state index contributed by atoms with van der Waals surface area (Å²) in [7, 11) is 0. The Morgan fingerprint density at radius 3 is 1.12 bits per heavy atom. The normalized spacial score (nSPS) is 7.38. The van der Waals surface area contributed by atoms with Gasteiger partial charge in [-0.2, -0.15) is 0 Å². The molecule has 0 saturated carbocycles. The first-order valence-corrected chi connectivity index (χ1v) is 3.44. The molecule has 44 valence electrons. The Labute approximate surface area is 79.2 Å². The van der Waals surface area contributed by atoms with Crippen LogP contribution in [0.4, 0.5) is 0 Å². The molecule has 0 saturated heterocycles. The molecule has 5 N–H and O–H groups in total. The fourth-order valence-corrected chi connectivity index (χ4v) is 0. The summed E-state index contributed by atoms with van der Waals surface area (Å²) in [6, 6.07) is 0. The van der Waals surface area contributed by atoms with Crippen molar-refractivity contribution < 1.29 is 60.7 Å². The summed E-state index contributed by atoms with van der Waals surface area (Å²) in [6.07, 6.45) is 0. The van der Waals surface area contributed by atoms with Crippen molar-refractivity contribution in [2.24, 2.45) is 0 Å². The summed E-state index contributed by atoms with van der Waals surface area (Å²) < 4.78 is 0. The van der Waals surface area contributed by atoms with Gasteiger partial charge in [-0.05, 0) is 11.8 Å². The predicted molar refractivity (Wildman–Crippen MR) is 26.8 cm³/mol. The number of hydrogen-bond donors (Lipinski definition) is 3. The molecule has 0 heterocycles. The zero-order valence-electron chi connectivity index (χ0n) is 6.70. The van der Waals surface area contributed by atoms with E-state index in [1.54, 1.807) is 0 Å². The van der Waals surface area contributed by atoms with Gasteiger partial charge >= 0.3 is 44.4 Å². The first-order valence-electron chi connectivity index (χ1n) is 0.783. The van der Waals surface area contributed by atoms with Gasteiger partial charge in [-0.15, -0.1) is 0 Å². The van der Waals surface area contributed by atoms with Crippen LogP contribution in [0.15, 0.2) is 0 Å². The molecule has 0 aromatic rings. The molecule has 8 heavy (non-hydrogen) atoms. The minimum absolute atomic E-state index is 0. The van der Waals surface area contributed by atoms with Crippen LogP contribution in [0.3, 0.4) is 0 Å². The molecule has 0 amide bonds. The van der Waals surface area contributed by atoms with E-state index in [9.17, 15) is 0 Å². The Balaban J connectivity index is -0.00000000800. The van der Waals surface area contributed by atoms with Crippen LogP contribution >= 0.6 is 6.72 Å². The summed E-state index contributed by atoms with van der Waals surface area (Å²) in [5, 5.41) is 0. The Morgan fingerprint density at radius 2 is 1.12 bits per heavy atom. The van der Waals surface area contributed by atoms with Gasteiger partial charge in [0.25, 0.3) is 0 Å². The van der Waals surface area contributed by atoms with E-state index >= 15 is 0 Å². The van der Waals surface area contributed by atoms with E-state index in [0.717, 1.165) is 0 Å². The fourth-order valence-electron chi connectivity index (χ4n) is 0. The second-order valence-corrected chi connectivity index (χ2v) is 3.01. The number of hydrogen-bond acceptors (Lipinski definition) is 1. The third-order valence-electron chi connectivity index (χ3n) is 0. The van der Waals surface area contributed by atoms with Crippen molar-refractivity contribution in [2.75, 3.05) is 0 Å². The van der Waals surface area contributed by atoms with Gasteiger partial charge in [-0.3, -0.25) is 0 Å². The molecule has 0 aromatic heterocycles. The summed E-state index contributed by atoms with van der Waals surface area (Å²) in [4.78, 5) is 22.7. The average Bonchev–Trinajstić information content (AvgIpc) is 0.722. The van der Waals surface area contributed by atoms with Crippen LogP contribution in [-0.2, 0) is 11.8 Å². The molecular weight excluding hydrogens is 141 g/mol. The van der Waals surface area contributed by atoms with Crippen LogP contribution in [0.25, 0.3) is 0 Å². The van der Waals surface area contributed by atoms with Gasteiger partial charge in [0.1, 0.15) is 0 Å². The van der Waals surface area contributed by atoms with Crippen molar-refractivity contribution in [3.63, 3.8) is 0 Å². The van der Waals surface area contributed by atoms with E-state index in [-0.39, 0.29) is 46.1 Å². The van der Waals surface area contributed by atoms with Crippen molar-refractivity contribution in [1.82, 2.24) is 0 Å². The van der Waals surface area contributed by atoms with E-state index in [2.05, 4.69) is 11.8 Å². The molecule has 0 aliphatic rings. The molecule has 0 aliphatic heterocycles. The maximum absolute atomic E-state index is 7.56. The van der Waals surface area contributed by atoms with E-state index < -0.39 is 6.72 Å². The Hall–Kier alpha value is 1.68. The van der Waals surface area contributed by atoms with Gasteiger partial charge in [0.2, 0.25) is 0 Å². The minimum Gasteiger partial charge on any atom is -1.00 e. The van der Waals surface area contributed by atoms with Crippen molar-refractivity contribution in [3.05, 3.63) is 0 Å². The summed E-state index contributed by atoms with van der Waals surface area (Å²) >= 11 is 3.60. The topological polar surface area (TPSA) is 92.2 Å². The first kappa shape index (κ1) is 22.6. The van der Waals surface area contributed by atoms with Crippen molar-refractivity contribution >= 4 is 18.5 Å². The zero-order valence-corrected chi connectivity index (χ0v) is 6.41. The number of rotatable bonds is 0. The maximum atomic E-state index is 7.56. The summed E-state index contributed by atoms with van der Waals surface area (Å²) in [5.74, 6) is 0. The summed E-state index contributed by atoms with van der Waals surface area (Å²) in [6.45, 7) is -3.81. The van der Waals surface area contributed by atoms with E-state index in [4.69, 9.17) is 14.7 Å². The monoisotopic (exact) mass is 148 g/mol. The Bertz CT molecular complexity index is 67.4. The van der Waals surface area contributed by atoms with E-state index in [1.807, 2.05) is 0 Å². The van der Waals surface area contributed by atoms with Crippen LogP contribution in [0.1, 0.15) is 2.85 Å². The molecule has 8 heteroatoms. The second-order valence-electron chi connectivity index (χ2n) is 0.513. The van der Waals surface area contributed by atoms with Crippen LogP contribution < -0.4 is 37.7 Å². The van der Waals surface area contributed by atoms with Crippen LogP contribution in [0, 0.1) is 0 Å². The third-order valence-corrected chi connectivity index (χ3v) is 0. The van der Waals surface area contributed by atoms with Crippen molar-refractivity contribution in [1.29, 1.82) is 0 Å². The van der Waals surface area contributed by atoms with Gasteiger partial charge < -0.3 is 23.0 Å². The second kappa shape index (κ2) is 8.68. The summed E-state index contributed by atoms with van der Waals surface area (Å²) in [5.41, 5.74) is 0.